The summed E-state index contributed by atoms with van der Waals surface area (Å²) in [7, 11) is 3.86. The van der Waals surface area contributed by atoms with Gasteiger partial charge in [0.15, 0.2) is 0 Å². The largest absolute Gasteiger partial charge is 0.385 e. The maximum atomic E-state index is 5.06. The number of methoxy groups -OCH3 is 1. The third-order valence-corrected chi connectivity index (χ3v) is 4.26. The highest BCUT2D eigenvalue weighted by Gasteiger charge is 2.17. The summed E-state index contributed by atoms with van der Waals surface area (Å²) >= 11 is 2.09. The Morgan fingerprint density at radius 1 is 1.33 bits per heavy atom. The van der Waals surface area contributed by atoms with Crippen molar-refractivity contribution < 1.29 is 4.74 Å². The van der Waals surface area contributed by atoms with Crippen LogP contribution in [0, 0.1) is 0 Å². The first-order valence-electron chi connectivity index (χ1n) is 6.07. The number of ether oxygens (including phenoxy) is 1. The van der Waals surface area contributed by atoms with Crippen LogP contribution in [0.4, 0.5) is 0 Å². The van der Waals surface area contributed by atoms with Gasteiger partial charge in [-0.05, 0) is 32.1 Å². The molecule has 2 unspecified atom stereocenters. The van der Waals surface area contributed by atoms with Gasteiger partial charge in [-0.1, -0.05) is 20.3 Å². The number of rotatable bonds is 10. The van der Waals surface area contributed by atoms with Crippen molar-refractivity contribution in [1.29, 1.82) is 0 Å². The fourth-order valence-electron chi connectivity index (χ4n) is 1.78. The molecular weight excluding hydrogens is 206 g/mol. The minimum Gasteiger partial charge on any atom is -0.385 e. The quantitative estimate of drug-likeness (QED) is 0.586. The van der Waals surface area contributed by atoms with Crippen molar-refractivity contribution in [1.82, 2.24) is 5.32 Å². The second-order valence-corrected chi connectivity index (χ2v) is 5.19. The van der Waals surface area contributed by atoms with Gasteiger partial charge < -0.3 is 10.1 Å². The molecule has 2 atom stereocenters. The topological polar surface area (TPSA) is 21.3 Å². The Hall–Kier alpha value is 0.270. The van der Waals surface area contributed by atoms with Crippen molar-refractivity contribution in [2.75, 3.05) is 26.5 Å². The second-order valence-electron chi connectivity index (χ2n) is 3.85. The van der Waals surface area contributed by atoms with Crippen LogP contribution in [0.3, 0.4) is 0 Å². The summed E-state index contributed by atoms with van der Waals surface area (Å²) in [6.45, 7) is 5.43. The van der Waals surface area contributed by atoms with Gasteiger partial charge in [-0.25, -0.2) is 0 Å². The first-order valence-corrected chi connectivity index (χ1v) is 7.12. The molecule has 2 nitrogen and oxygen atoms in total. The van der Waals surface area contributed by atoms with Crippen molar-refractivity contribution in [3.8, 4) is 0 Å². The SMILES string of the molecule is CCCC(NC)C(CC)SCCCOC. The third kappa shape index (κ3) is 7.20. The number of thioether (sulfide) groups is 1. The van der Waals surface area contributed by atoms with Crippen LogP contribution in [0.2, 0.25) is 0 Å². The van der Waals surface area contributed by atoms with E-state index in [0.717, 1.165) is 11.9 Å². The molecule has 0 aliphatic carbocycles. The van der Waals surface area contributed by atoms with Gasteiger partial charge in [0, 0.05) is 25.0 Å². The molecule has 0 aromatic rings. The Kier molecular flexibility index (Phi) is 11.0. The Morgan fingerprint density at radius 3 is 2.53 bits per heavy atom. The first-order chi connectivity index (χ1) is 7.29. The highest BCUT2D eigenvalue weighted by Crippen LogP contribution is 2.21. The summed E-state index contributed by atoms with van der Waals surface area (Å²) in [4.78, 5) is 0. The molecule has 3 heteroatoms. The summed E-state index contributed by atoms with van der Waals surface area (Å²) in [6.07, 6.45) is 4.97. The van der Waals surface area contributed by atoms with Gasteiger partial charge in [-0.2, -0.15) is 11.8 Å². The average molecular weight is 233 g/mol. The van der Waals surface area contributed by atoms with E-state index >= 15 is 0 Å². The fraction of sp³-hybridized carbons (Fsp3) is 1.00. The lowest BCUT2D eigenvalue weighted by Gasteiger charge is -2.25. The van der Waals surface area contributed by atoms with Gasteiger partial charge in [0.25, 0.3) is 0 Å². The molecule has 0 aliphatic heterocycles. The number of hydrogen-bond acceptors (Lipinski definition) is 3. The molecule has 0 radical (unpaired) electrons. The lowest BCUT2D eigenvalue weighted by Crippen LogP contribution is -2.35. The van der Waals surface area contributed by atoms with Crippen molar-refractivity contribution >= 4 is 11.8 Å². The molecule has 1 N–H and O–H groups in total. The van der Waals surface area contributed by atoms with E-state index in [-0.39, 0.29) is 0 Å². The zero-order chi connectivity index (χ0) is 11.5. The van der Waals surface area contributed by atoms with Gasteiger partial charge in [-0.15, -0.1) is 0 Å². The van der Waals surface area contributed by atoms with Crippen LogP contribution in [-0.2, 0) is 4.74 Å². The zero-order valence-corrected chi connectivity index (χ0v) is 11.5. The molecule has 0 saturated heterocycles. The summed E-state index contributed by atoms with van der Waals surface area (Å²) < 4.78 is 5.06. The van der Waals surface area contributed by atoms with Crippen LogP contribution in [0.25, 0.3) is 0 Å². The predicted molar refractivity (Wildman–Crippen MR) is 70.8 cm³/mol. The molecule has 0 fully saturated rings. The van der Waals surface area contributed by atoms with Crippen LogP contribution >= 0.6 is 11.8 Å². The van der Waals surface area contributed by atoms with Crippen LogP contribution in [0.5, 0.6) is 0 Å². The standard InChI is InChI=1S/C12H27NOS/c1-5-8-11(13-3)12(6-2)15-10-7-9-14-4/h11-13H,5-10H2,1-4H3. The third-order valence-electron chi connectivity index (χ3n) is 2.65. The Morgan fingerprint density at radius 2 is 2.07 bits per heavy atom. The normalized spacial score (nSPS) is 15.2. The highest BCUT2D eigenvalue weighted by atomic mass is 32.2. The van der Waals surface area contributed by atoms with E-state index in [1.54, 1.807) is 7.11 Å². The van der Waals surface area contributed by atoms with Crippen LogP contribution < -0.4 is 5.32 Å². The van der Waals surface area contributed by atoms with Gasteiger partial charge in [0.1, 0.15) is 0 Å². The van der Waals surface area contributed by atoms with E-state index in [1.165, 1.54) is 31.4 Å². The van der Waals surface area contributed by atoms with Crippen molar-refractivity contribution in [3.05, 3.63) is 0 Å². The predicted octanol–water partition coefficient (Wildman–Crippen LogP) is 2.92. The van der Waals surface area contributed by atoms with Crippen molar-refractivity contribution in [2.24, 2.45) is 0 Å². The Labute approximate surface area is 99.5 Å². The number of hydrogen-bond donors (Lipinski definition) is 1. The van der Waals surface area contributed by atoms with Crippen LogP contribution in [0.15, 0.2) is 0 Å². The van der Waals surface area contributed by atoms with Crippen molar-refractivity contribution in [2.45, 2.75) is 50.8 Å². The molecule has 0 amide bonds. The minimum atomic E-state index is 0.674. The summed E-state index contributed by atoms with van der Waals surface area (Å²) in [5.74, 6) is 1.22. The molecule has 92 valence electrons. The van der Waals surface area contributed by atoms with Gasteiger partial charge in [0.05, 0.1) is 0 Å². The minimum absolute atomic E-state index is 0.674. The number of nitrogens with one attached hydrogen (secondary N) is 1. The average Bonchev–Trinajstić information content (AvgIpc) is 2.27. The molecular formula is C12H27NOS. The van der Waals surface area contributed by atoms with Crippen molar-refractivity contribution in [3.63, 3.8) is 0 Å². The Bertz CT molecular complexity index is 133. The second kappa shape index (κ2) is 10.8. The summed E-state index contributed by atoms with van der Waals surface area (Å²) in [5, 5.41) is 4.20. The molecule has 0 aliphatic rings. The summed E-state index contributed by atoms with van der Waals surface area (Å²) in [6, 6.07) is 0.674. The smallest absolute Gasteiger partial charge is 0.0470 e. The molecule has 0 rings (SSSR count). The lowest BCUT2D eigenvalue weighted by atomic mass is 10.1. The van der Waals surface area contributed by atoms with Crippen LogP contribution in [-0.4, -0.2) is 37.8 Å². The maximum Gasteiger partial charge on any atom is 0.0470 e. The van der Waals surface area contributed by atoms with Crippen LogP contribution in [0.1, 0.15) is 39.5 Å². The monoisotopic (exact) mass is 233 g/mol. The van der Waals surface area contributed by atoms with E-state index in [2.05, 4.69) is 38.0 Å². The molecule has 0 heterocycles. The van der Waals surface area contributed by atoms with Gasteiger partial charge in [0.2, 0.25) is 0 Å². The molecule has 0 bridgehead atoms. The molecule has 0 aromatic heterocycles. The van der Waals surface area contributed by atoms with E-state index < -0.39 is 0 Å². The molecule has 0 aromatic carbocycles. The fourth-order valence-corrected chi connectivity index (χ4v) is 3.11. The van der Waals surface area contributed by atoms with E-state index in [9.17, 15) is 0 Å². The zero-order valence-electron chi connectivity index (χ0n) is 10.7. The van der Waals surface area contributed by atoms with Gasteiger partial charge in [-0.3, -0.25) is 0 Å². The molecule has 0 saturated carbocycles. The molecule has 0 spiro atoms. The summed E-state index contributed by atoms with van der Waals surface area (Å²) in [5.41, 5.74) is 0. The van der Waals surface area contributed by atoms with E-state index in [1.807, 2.05) is 0 Å². The van der Waals surface area contributed by atoms with Gasteiger partial charge >= 0.3 is 0 Å². The highest BCUT2D eigenvalue weighted by molar-refractivity contribution is 7.99. The first kappa shape index (κ1) is 15.3. The van der Waals surface area contributed by atoms with E-state index in [0.29, 0.717) is 6.04 Å². The Balaban J connectivity index is 3.76. The molecule has 15 heavy (non-hydrogen) atoms. The maximum absolute atomic E-state index is 5.06. The van der Waals surface area contributed by atoms with E-state index in [4.69, 9.17) is 4.74 Å². The lowest BCUT2D eigenvalue weighted by molar-refractivity contribution is 0.200.